The molecule has 0 saturated carbocycles. The molecular formula is C24H30F3N5O3S. The first-order chi connectivity index (χ1) is 16.7. The Morgan fingerprint density at radius 2 is 1.86 bits per heavy atom. The van der Waals surface area contributed by atoms with Gasteiger partial charge in [0.1, 0.15) is 28.6 Å². The Bertz CT molecular complexity index is 1180. The molecule has 196 valence electrons. The lowest BCUT2D eigenvalue weighted by Crippen LogP contribution is -2.74. The monoisotopic (exact) mass is 525 g/mol. The zero-order chi connectivity index (χ0) is 26.0. The molecule has 2 atom stereocenters. The Hall–Kier alpha value is -2.63. The summed E-state index contributed by atoms with van der Waals surface area (Å²) in [5.74, 6) is 0.808. The Morgan fingerprint density at radius 3 is 2.50 bits per heavy atom. The molecule has 0 radical (unpaired) electrons. The van der Waals surface area contributed by atoms with Crippen LogP contribution in [0.2, 0.25) is 0 Å². The lowest BCUT2D eigenvalue weighted by Gasteiger charge is -2.61. The summed E-state index contributed by atoms with van der Waals surface area (Å²) in [5.41, 5.74) is -0.687. The van der Waals surface area contributed by atoms with E-state index >= 15 is 0 Å². The molecule has 12 heteroatoms. The fourth-order valence-electron chi connectivity index (χ4n) is 5.48. The van der Waals surface area contributed by atoms with Crippen LogP contribution in [0.3, 0.4) is 0 Å². The molecule has 3 fully saturated rings. The van der Waals surface area contributed by atoms with Crippen molar-refractivity contribution in [2.45, 2.75) is 58.4 Å². The first kappa shape index (κ1) is 25.0. The SMILES string of the molecule is C[C@H]1C[C@@H](C(=O)N2CC3(C2)CN(c2ncnc4sc(CC(F)(F)F)cc24)C3)N(C(=O)OC(C)(C)C)C1. The van der Waals surface area contributed by atoms with E-state index in [0.717, 1.165) is 11.3 Å². The highest BCUT2D eigenvalue weighted by molar-refractivity contribution is 7.18. The summed E-state index contributed by atoms with van der Waals surface area (Å²) in [5, 5.41) is 0.636. The zero-order valence-electron chi connectivity index (χ0n) is 20.8. The Kier molecular flexibility index (Phi) is 5.88. The normalized spacial score (nSPS) is 23.7. The van der Waals surface area contributed by atoms with Crippen molar-refractivity contribution in [1.82, 2.24) is 19.8 Å². The van der Waals surface area contributed by atoms with Crippen LogP contribution in [0.4, 0.5) is 23.8 Å². The van der Waals surface area contributed by atoms with Crippen molar-refractivity contribution in [3.63, 3.8) is 0 Å². The number of fused-ring (bicyclic) bond motifs is 1. The number of aromatic nitrogens is 2. The molecule has 0 unspecified atom stereocenters. The standard InChI is InChI=1S/C24H30F3N5O3S/c1-14-5-17(32(8-14)21(34)35-22(2,3)4)20(33)31-11-23(12-31)9-30(10-23)18-16-6-15(7-24(25,26)27)36-19(16)29-13-28-18/h6,13-14,17H,5,7-12H2,1-4H3/t14-,17-/m0/s1. The van der Waals surface area contributed by atoms with E-state index in [0.29, 0.717) is 55.2 Å². The van der Waals surface area contributed by atoms with Crippen LogP contribution in [-0.2, 0) is 16.0 Å². The van der Waals surface area contributed by atoms with E-state index < -0.39 is 30.3 Å². The van der Waals surface area contributed by atoms with E-state index in [9.17, 15) is 22.8 Å². The molecule has 0 aromatic carbocycles. The molecule has 0 N–H and O–H groups in total. The highest BCUT2D eigenvalue weighted by Gasteiger charge is 2.55. The van der Waals surface area contributed by atoms with Crippen molar-refractivity contribution in [2.24, 2.45) is 11.3 Å². The van der Waals surface area contributed by atoms with Crippen LogP contribution in [0.1, 0.15) is 39.0 Å². The van der Waals surface area contributed by atoms with Crippen LogP contribution in [0.5, 0.6) is 0 Å². The number of anilines is 1. The molecule has 2 amide bonds. The molecule has 0 bridgehead atoms. The number of thiophene rings is 1. The molecule has 1 spiro atoms. The fraction of sp³-hybridized carbons (Fsp3) is 0.667. The van der Waals surface area contributed by atoms with Gasteiger partial charge < -0.3 is 14.5 Å². The Labute approximate surface area is 211 Å². The number of hydrogen-bond donors (Lipinski definition) is 0. The van der Waals surface area contributed by atoms with Gasteiger partial charge in [0.05, 0.1) is 11.8 Å². The van der Waals surface area contributed by atoms with E-state index in [1.54, 1.807) is 30.6 Å². The number of ether oxygens (including phenoxy) is 1. The summed E-state index contributed by atoms with van der Waals surface area (Å²) in [6, 6.07) is 1.03. The first-order valence-corrected chi connectivity index (χ1v) is 12.9. The summed E-state index contributed by atoms with van der Waals surface area (Å²) >= 11 is 1.04. The molecule has 2 aromatic heterocycles. The largest absolute Gasteiger partial charge is 0.444 e. The van der Waals surface area contributed by atoms with Gasteiger partial charge in [-0.15, -0.1) is 11.3 Å². The van der Waals surface area contributed by atoms with Gasteiger partial charge in [-0.3, -0.25) is 9.69 Å². The van der Waals surface area contributed by atoms with E-state index in [-0.39, 0.29) is 22.1 Å². The van der Waals surface area contributed by atoms with Crippen molar-refractivity contribution in [3.8, 4) is 0 Å². The number of rotatable bonds is 3. The predicted molar refractivity (Wildman–Crippen MR) is 129 cm³/mol. The third-order valence-corrected chi connectivity index (χ3v) is 7.92. The highest BCUT2D eigenvalue weighted by Crippen LogP contribution is 2.44. The van der Waals surface area contributed by atoms with E-state index in [4.69, 9.17) is 4.74 Å². The number of likely N-dealkylation sites (tertiary alicyclic amines) is 2. The molecule has 3 aliphatic rings. The van der Waals surface area contributed by atoms with Crippen molar-refractivity contribution < 1.29 is 27.5 Å². The summed E-state index contributed by atoms with van der Waals surface area (Å²) < 4.78 is 44.0. The predicted octanol–water partition coefficient (Wildman–Crippen LogP) is 4.09. The van der Waals surface area contributed by atoms with E-state index in [2.05, 4.69) is 9.97 Å². The van der Waals surface area contributed by atoms with Crippen LogP contribution in [-0.4, -0.2) is 82.3 Å². The van der Waals surface area contributed by atoms with E-state index in [1.165, 1.54) is 12.4 Å². The molecule has 3 aliphatic heterocycles. The van der Waals surface area contributed by atoms with Gasteiger partial charge in [0.15, 0.2) is 0 Å². The molecule has 3 saturated heterocycles. The summed E-state index contributed by atoms with van der Waals surface area (Å²) in [7, 11) is 0. The lowest BCUT2D eigenvalue weighted by molar-refractivity contribution is -0.150. The topological polar surface area (TPSA) is 78.9 Å². The van der Waals surface area contributed by atoms with Gasteiger partial charge >= 0.3 is 12.3 Å². The molecule has 5 heterocycles. The molecule has 8 nitrogen and oxygen atoms in total. The summed E-state index contributed by atoms with van der Waals surface area (Å²) in [6.07, 6.45) is -3.70. The zero-order valence-corrected chi connectivity index (χ0v) is 21.6. The molecular weight excluding hydrogens is 495 g/mol. The van der Waals surface area contributed by atoms with Crippen LogP contribution >= 0.6 is 11.3 Å². The number of hydrogen-bond acceptors (Lipinski definition) is 7. The molecule has 2 aromatic rings. The average Bonchev–Trinajstić information content (AvgIpc) is 3.26. The Balaban J connectivity index is 1.21. The van der Waals surface area contributed by atoms with Gasteiger partial charge in [0, 0.05) is 43.0 Å². The molecule has 36 heavy (non-hydrogen) atoms. The maximum Gasteiger partial charge on any atom is 0.410 e. The van der Waals surface area contributed by atoms with Crippen LogP contribution in [0.25, 0.3) is 10.2 Å². The second kappa shape index (κ2) is 8.46. The van der Waals surface area contributed by atoms with Crippen molar-refractivity contribution in [1.29, 1.82) is 0 Å². The van der Waals surface area contributed by atoms with Gasteiger partial charge in [-0.25, -0.2) is 14.8 Å². The van der Waals surface area contributed by atoms with Crippen molar-refractivity contribution >= 4 is 39.4 Å². The van der Waals surface area contributed by atoms with Gasteiger partial charge in [-0.05, 0) is 39.2 Å². The fourth-order valence-corrected chi connectivity index (χ4v) is 6.50. The van der Waals surface area contributed by atoms with E-state index in [1.807, 2.05) is 11.8 Å². The van der Waals surface area contributed by atoms with Gasteiger partial charge in [0.25, 0.3) is 0 Å². The maximum absolute atomic E-state index is 13.3. The number of carbonyl (C=O) groups is 2. The number of halogens is 3. The van der Waals surface area contributed by atoms with Crippen molar-refractivity contribution in [3.05, 3.63) is 17.3 Å². The third kappa shape index (κ3) is 4.83. The summed E-state index contributed by atoms with van der Waals surface area (Å²) in [6.45, 7) is 10.5. The third-order valence-electron chi connectivity index (χ3n) is 6.87. The summed E-state index contributed by atoms with van der Waals surface area (Å²) in [4.78, 5) is 40.6. The van der Waals surface area contributed by atoms with Crippen LogP contribution in [0, 0.1) is 11.3 Å². The molecule has 5 rings (SSSR count). The minimum absolute atomic E-state index is 0.0478. The van der Waals surface area contributed by atoms with Crippen LogP contribution < -0.4 is 4.90 Å². The van der Waals surface area contributed by atoms with Gasteiger partial charge in [0.2, 0.25) is 5.91 Å². The quantitative estimate of drug-likeness (QED) is 0.601. The van der Waals surface area contributed by atoms with Gasteiger partial charge in [-0.1, -0.05) is 6.92 Å². The number of amides is 2. The lowest BCUT2D eigenvalue weighted by atomic mass is 9.72. The first-order valence-electron chi connectivity index (χ1n) is 12.1. The second-order valence-corrected chi connectivity index (χ2v) is 12.6. The highest BCUT2D eigenvalue weighted by atomic mass is 32.1. The maximum atomic E-state index is 13.3. The minimum atomic E-state index is -4.27. The van der Waals surface area contributed by atoms with Gasteiger partial charge in [-0.2, -0.15) is 13.2 Å². The number of carbonyl (C=O) groups excluding carboxylic acids is 2. The Morgan fingerprint density at radius 1 is 1.17 bits per heavy atom. The van der Waals surface area contributed by atoms with Crippen molar-refractivity contribution in [2.75, 3.05) is 37.6 Å². The number of nitrogens with zero attached hydrogens (tertiary/aromatic N) is 5. The van der Waals surface area contributed by atoms with Crippen LogP contribution in [0.15, 0.2) is 12.4 Å². The second-order valence-electron chi connectivity index (χ2n) is 11.5. The minimum Gasteiger partial charge on any atom is -0.444 e. The number of alkyl halides is 3. The average molecular weight is 526 g/mol. The smallest absolute Gasteiger partial charge is 0.410 e. The molecule has 0 aliphatic carbocycles.